The molecule has 1 aromatic carbocycles. The van der Waals surface area contributed by atoms with E-state index in [1.54, 1.807) is 24.3 Å². The lowest BCUT2D eigenvalue weighted by Gasteiger charge is -2.15. The molecule has 0 radical (unpaired) electrons. The van der Waals surface area contributed by atoms with Crippen LogP contribution in [0.15, 0.2) is 30.3 Å². The van der Waals surface area contributed by atoms with Crippen LogP contribution in [0.1, 0.15) is 31.4 Å². The monoisotopic (exact) mass is 254 g/mol. The van der Waals surface area contributed by atoms with Crippen molar-refractivity contribution >= 4 is 21.4 Å². The number of rotatable bonds is 5. The summed E-state index contributed by atoms with van der Waals surface area (Å²) in [6, 6.07) is 8.79. The van der Waals surface area contributed by atoms with Gasteiger partial charge in [0, 0.05) is 12.0 Å². The van der Waals surface area contributed by atoms with E-state index in [1.807, 2.05) is 22.5 Å². The van der Waals surface area contributed by atoms with Crippen molar-refractivity contribution in [2.45, 2.75) is 25.9 Å². The van der Waals surface area contributed by atoms with E-state index in [0.29, 0.717) is 12.0 Å². The number of hydrogen-bond acceptors (Lipinski definition) is 4. The normalized spacial score (nSPS) is 11.6. The van der Waals surface area contributed by atoms with Crippen LogP contribution in [-0.2, 0) is 18.8 Å². The minimum Gasteiger partial charge on any atom is -0.449 e. The van der Waals surface area contributed by atoms with Crippen LogP contribution in [0, 0.1) is 0 Å². The summed E-state index contributed by atoms with van der Waals surface area (Å²) < 4.78 is 9.65. The van der Waals surface area contributed by atoms with Gasteiger partial charge >= 0.3 is 11.9 Å². The van der Waals surface area contributed by atoms with Gasteiger partial charge in [-0.15, -0.1) is 0 Å². The summed E-state index contributed by atoms with van der Waals surface area (Å²) in [6.07, 6.45) is -0.0308. The molecular formula is C12H15O4P. The van der Waals surface area contributed by atoms with Crippen LogP contribution in [0.2, 0.25) is 0 Å². The zero-order valence-corrected chi connectivity index (χ0v) is 10.7. The second-order valence-electron chi connectivity index (χ2n) is 3.47. The van der Waals surface area contributed by atoms with Gasteiger partial charge in [-0.1, -0.05) is 37.3 Å². The fraction of sp³-hybridized carbons (Fsp3) is 0.333. The van der Waals surface area contributed by atoms with E-state index in [1.165, 1.54) is 0 Å². The van der Waals surface area contributed by atoms with Gasteiger partial charge in [-0.05, 0) is 6.42 Å². The van der Waals surface area contributed by atoms with E-state index in [-0.39, 0.29) is 6.42 Å². The highest BCUT2D eigenvalue weighted by Gasteiger charge is 2.25. The predicted molar refractivity (Wildman–Crippen MR) is 66.0 cm³/mol. The van der Waals surface area contributed by atoms with Gasteiger partial charge in [0.1, 0.15) is 0 Å². The average Bonchev–Trinajstić information content (AvgIpc) is 2.36. The Morgan fingerprint density at radius 2 is 1.94 bits per heavy atom. The molecule has 1 rings (SSSR count). The third-order valence-electron chi connectivity index (χ3n) is 2.14. The van der Waals surface area contributed by atoms with E-state index >= 15 is 0 Å². The second-order valence-corrected chi connectivity index (χ2v) is 3.70. The maximum atomic E-state index is 11.5. The highest BCUT2D eigenvalue weighted by atomic mass is 31.0. The van der Waals surface area contributed by atoms with Crippen molar-refractivity contribution in [2.75, 3.05) is 0 Å². The molecule has 1 unspecified atom stereocenters. The quantitative estimate of drug-likeness (QED) is 0.598. The summed E-state index contributed by atoms with van der Waals surface area (Å²) in [7, 11) is 1.86. The third kappa shape index (κ3) is 4.16. The lowest BCUT2D eigenvalue weighted by atomic mass is 10.1. The summed E-state index contributed by atoms with van der Waals surface area (Å²) in [5.41, 5.74) is 0.601. The van der Waals surface area contributed by atoms with Gasteiger partial charge < -0.3 is 9.26 Å². The zero-order valence-electron chi connectivity index (χ0n) is 9.59. The number of carbonyl (C=O) groups excluding carboxylic acids is 2. The van der Waals surface area contributed by atoms with Crippen LogP contribution in [0.25, 0.3) is 0 Å². The Morgan fingerprint density at radius 3 is 2.47 bits per heavy atom. The molecule has 0 heterocycles. The Kier molecular flexibility index (Phi) is 5.64. The van der Waals surface area contributed by atoms with Crippen LogP contribution in [0.5, 0.6) is 0 Å². The summed E-state index contributed by atoms with van der Waals surface area (Å²) in [4.78, 5) is 22.9. The Morgan fingerprint density at radius 1 is 1.29 bits per heavy atom. The van der Waals surface area contributed by atoms with E-state index in [4.69, 9.17) is 4.74 Å². The van der Waals surface area contributed by atoms with Crippen molar-refractivity contribution in [3.8, 4) is 0 Å². The molecule has 0 N–H and O–H groups in total. The average molecular weight is 254 g/mol. The molecule has 5 heteroatoms. The van der Waals surface area contributed by atoms with Crippen molar-refractivity contribution in [1.82, 2.24) is 0 Å². The Balaban J connectivity index is 2.82. The standard InChI is InChI=1S/C12H15O4P/c1-2-6-10(13)15-11(12(14)16-17)9-7-4-3-5-8-9/h3-5,7-8,11H,2,6,17H2,1H3/t11-/m1/s1. The van der Waals surface area contributed by atoms with Crippen molar-refractivity contribution in [2.24, 2.45) is 0 Å². The molecule has 17 heavy (non-hydrogen) atoms. The number of esters is 1. The molecule has 0 fully saturated rings. The molecule has 0 saturated heterocycles. The molecule has 4 nitrogen and oxygen atoms in total. The van der Waals surface area contributed by atoms with Gasteiger partial charge in [-0.3, -0.25) is 4.79 Å². The first-order valence-electron chi connectivity index (χ1n) is 5.34. The Bertz CT molecular complexity index is 377. The number of ether oxygens (including phenoxy) is 1. The molecule has 1 aromatic rings. The zero-order chi connectivity index (χ0) is 12.7. The van der Waals surface area contributed by atoms with E-state index in [2.05, 4.69) is 4.52 Å². The van der Waals surface area contributed by atoms with Gasteiger partial charge in [0.15, 0.2) is 0 Å². The first kappa shape index (κ1) is 13.7. The lowest BCUT2D eigenvalue weighted by Crippen LogP contribution is -2.19. The largest absolute Gasteiger partial charge is 0.449 e. The maximum Gasteiger partial charge on any atom is 0.354 e. The highest BCUT2D eigenvalue weighted by Crippen LogP contribution is 2.20. The molecule has 0 spiro atoms. The van der Waals surface area contributed by atoms with Crippen molar-refractivity contribution in [3.05, 3.63) is 35.9 Å². The van der Waals surface area contributed by atoms with Crippen molar-refractivity contribution < 1.29 is 18.8 Å². The van der Waals surface area contributed by atoms with E-state index in [9.17, 15) is 9.59 Å². The number of carbonyl (C=O) groups is 2. The van der Waals surface area contributed by atoms with E-state index < -0.39 is 18.0 Å². The molecule has 0 bridgehead atoms. The van der Waals surface area contributed by atoms with Crippen LogP contribution < -0.4 is 0 Å². The molecule has 0 saturated carbocycles. The third-order valence-corrected chi connectivity index (χ3v) is 2.37. The van der Waals surface area contributed by atoms with Gasteiger partial charge in [-0.25, -0.2) is 4.79 Å². The van der Waals surface area contributed by atoms with Gasteiger partial charge in [0.2, 0.25) is 6.10 Å². The molecule has 0 aliphatic carbocycles. The molecule has 0 aromatic heterocycles. The van der Waals surface area contributed by atoms with Crippen LogP contribution in [0.3, 0.4) is 0 Å². The number of hydrogen-bond donors (Lipinski definition) is 0. The Labute approximate surface area is 103 Å². The van der Waals surface area contributed by atoms with Crippen molar-refractivity contribution in [1.29, 1.82) is 0 Å². The smallest absolute Gasteiger partial charge is 0.354 e. The highest BCUT2D eigenvalue weighted by molar-refractivity contribution is 7.10. The lowest BCUT2D eigenvalue weighted by molar-refractivity contribution is -0.162. The topological polar surface area (TPSA) is 52.6 Å². The van der Waals surface area contributed by atoms with Gasteiger partial charge in [0.25, 0.3) is 0 Å². The minimum atomic E-state index is -0.993. The summed E-state index contributed by atoms with van der Waals surface area (Å²) in [6.45, 7) is 1.87. The predicted octanol–water partition coefficient (Wildman–Crippen LogP) is 2.40. The minimum absolute atomic E-state index is 0.285. The molecule has 2 atom stereocenters. The first-order chi connectivity index (χ1) is 8.19. The molecule has 92 valence electrons. The van der Waals surface area contributed by atoms with Gasteiger partial charge in [-0.2, -0.15) is 0 Å². The summed E-state index contributed by atoms with van der Waals surface area (Å²) >= 11 is 0. The molecular weight excluding hydrogens is 239 g/mol. The second kappa shape index (κ2) is 7.02. The van der Waals surface area contributed by atoms with Crippen LogP contribution in [0.4, 0.5) is 0 Å². The summed E-state index contributed by atoms with van der Waals surface area (Å²) in [5, 5.41) is 0. The van der Waals surface area contributed by atoms with Gasteiger partial charge in [0.05, 0.1) is 9.47 Å². The number of benzene rings is 1. The fourth-order valence-corrected chi connectivity index (χ4v) is 1.46. The summed E-state index contributed by atoms with van der Waals surface area (Å²) in [5.74, 6) is -1.01. The SMILES string of the molecule is CCCC(=O)O[C@@H](C(=O)OP)c1ccccc1. The Hall–Kier alpha value is -1.41. The molecule has 0 amide bonds. The van der Waals surface area contributed by atoms with Crippen LogP contribution in [-0.4, -0.2) is 11.9 Å². The van der Waals surface area contributed by atoms with E-state index in [0.717, 1.165) is 0 Å². The molecule has 0 aliphatic heterocycles. The maximum absolute atomic E-state index is 11.5. The van der Waals surface area contributed by atoms with Crippen LogP contribution >= 0.6 is 9.47 Å². The van der Waals surface area contributed by atoms with Crippen molar-refractivity contribution in [3.63, 3.8) is 0 Å². The first-order valence-corrected chi connectivity index (χ1v) is 5.81. The molecule has 0 aliphatic rings. The fourth-order valence-electron chi connectivity index (χ4n) is 1.34.